The maximum absolute atomic E-state index is 12.9. The van der Waals surface area contributed by atoms with E-state index in [4.69, 9.17) is 16.0 Å². The number of aromatic nitrogens is 2. The van der Waals surface area contributed by atoms with Gasteiger partial charge in [-0.25, -0.2) is 4.79 Å². The number of halogens is 1. The third kappa shape index (κ3) is 3.40. The third-order valence-electron chi connectivity index (χ3n) is 5.72. The van der Waals surface area contributed by atoms with Crippen molar-refractivity contribution in [3.63, 3.8) is 0 Å². The molecule has 0 amide bonds. The molecule has 2 aromatic heterocycles. The minimum Gasteiger partial charge on any atom is -0.449 e. The lowest BCUT2D eigenvalue weighted by molar-refractivity contribution is 0.246. The first-order valence-corrected chi connectivity index (χ1v) is 10.4. The number of para-hydroxylation sites is 1. The number of aromatic amines is 1. The van der Waals surface area contributed by atoms with Crippen molar-refractivity contribution in [1.82, 2.24) is 14.5 Å². The Morgan fingerprint density at radius 1 is 0.933 bits per heavy atom. The van der Waals surface area contributed by atoms with Gasteiger partial charge in [-0.05, 0) is 36.4 Å². The number of rotatable bonds is 4. The van der Waals surface area contributed by atoms with Crippen LogP contribution < -0.4 is 16.1 Å². The number of hydrogen-bond acceptors (Lipinski definition) is 5. The number of piperazine rings is 1. The van der Waals surface area contributed by atoms with Crippen LogP contribution in [-0.4, -0.2) is 47.2 Å². The molecule has 0 aliphatic carbocycles. The minimum atomic E-state index is -0.404. The summed E-state index contributed by atoms with van der Waals surface area (Å²) in [6.45, 7) is 4.45. The summed E-state index contributed by atoms with van der Waals surface area (Å²) in [6.07, 6.45) is 0. The molecule has 30 heavy (non-hydrogen) atoms. The van der Waals surface area contributed by atoms with Gasteiger partial charge in [0.25, 0.3) is 5.56 Å². The van der Waals surface area contributed by atoms with E-state index in [9.17, 15) is 9.59 Å². The number of nitrogens with zero attached hydrogens (tertiary/aromatic N) is 3. The number of benzene rings is 2. The summed E-state index contributed by atoms with van der Waals surface area (Å²) >= 11 is 5.97. The Balaban J connectivity index is 1.30. The van der Waals surface area contributed by atoms with E-state index in [2.05, 4.69) is 14.8 Å². The second-order valence-corrected chi connectivity index (χ2v) is 7.93. The standard InChI is InChI=1S/C22H21ClN4O3/c23-15-5-7-16(8-6-15)26-12-9-25(10-13-26)11-14-27-21(28)20-19(24-22(27)29)17-3-1-2-4-18(17)30-20/h1-8H,9-14H2,(H,24,29). The molecule has 0 saturated carbocycles. The molecule has 0 spiro atoms. The van der Waals surface area contributed by atoms with Crippen LogP contribution in [0.5, 0.6) is 0 Å². The topological polar surface area (TPSA) is 74.5 Å². The van der Waals surface area contributed by atoms with Gasteiger partial charge in [-0.15, -0.1) is 0 Å². The zero-order valence-corrected chi connectivity index (χ0v) is 17.1. The molecular weight excluding hydrogens is 404 g/mol. The molecule has 4 aromatic rings. The maximum atomic E-state index is 12.9. The van der Waals surface area contributed by atoms with Crippen molar-refractivity contribution >= 4 is 39.4 Å². The summed E-state index contributed by atoms with van der Waals surface area (Å²) in [7, 11) is 0. The van der Waals surface area contributed by atoms with Crippen molar-refractivity contribution in [2.24, 2.45) is 0 Å². The number of nitrogens with one attached hydrogen (secondary N) is 1. The van der Waals surface area contributed by atoms with Gasteiger partial charge in [0.15, 0.2) is 0 Å². The van der Waals surface area contributed by atoms with Crippen LogP contribution in [0.15, 0.2) is 62.5 Å². The minimum absolute atomic E-state index is 0.198. The van der Waals surface area contributed by atoms with Gasteiger partial charge in [0.1, 0.15) is 11.1 Å². The fraction of sp³-hybridized carbons (Fsp3) is 0.273. The molecule has 1 saturated heterocycles. The Morgan fingerprint density at radius 2 is 1.67 bits per heavy atom. The summed E-state index contributed by atoms with van der Waals surface area (Å²) < 4.78 is 6.94. The van der Waals surface area contributed by atoms with Crippen LogP contribution in [0.4, 0.5) is 5.69 Å². The second-order valence-electron chi connectivity index (χ2n) is 7.49. The molecule has 8 heteroatoms. The molecule has 1 fully saturated rings. The van der Waals surface area contributed by atoms with Crippen LogP contribution in [-0.2, 0) is 6.54 Å². The van der Waals surface area contributed by atoms with Gasteiger partial charge in [-0.2, -0.15) is 0 Å². The van der Waals surface area contributed by atoms with Crippen molar-refractivity contribution in [1.29, 1.82) is 0 Å². The molecule has 5 rings (SSSR count). The highest BCUT2D eigenvalue weighted by Crippen LogP contribution is 2.23. The summed E-state index contributed by atoms with van der Waals surface area (Å²) in [5, 5.41) is 1.47. The number of hydrogen-bond donors (Lipinski definition) is 1. The highest BCUT2D eigenvalue weighted by atomic mass is 35.5. The Labute approximate surface area is 177 Å². The Morgan fingerprint density at radius 3 is 2.43 bits per heavy atom. The molecule has 2 aromatic carbocycles. The number of H-pyrrole nitrogens is 1. The lowest BCUT2D eigenvalue weighted by atomic mass is 10.2. The third-order valence-corrected chi connectivity index (χ3v) is 5.97. The van der Waals surface area contributed by atoms with Gasteiger partial charge in [0.2, 0.25) is 5.58 Å². The fourth-order valence-electron chi connectivity index (χ4n) is 4.04. The first-order chi connectivity index (χ1) is 14.6. The Bertz CT molecular complexity index is 1310. The van der Waals surface area contributed by atoms with Crippen LogP contribution >= 0.6 is 11.6 Å². The highest BCUT2D eigenvalue weighted by Gasteiger charge is 2.19. The largest absolute Gasteiger partial charge is 0.449 e. The number of fused-ring (bicyclic) bond motifs is 3. The smallest absolute Gasteiger partial charge is 0.329 e. The van der Waals surface area contributed by atoms with Crippen molar-refractivity contribution < 1.29 is 4.42 Å². The molecule has 0 atom stereocenters. The SMILES string of the molecule is O=c1[nH]c2c(oc3ccccc32)c(=O)n1CCN1CCN(c2ccc(Cl)cc2)CC1. The van der Waals surface area contributed by atoms with E-state index in [0.29, 0.717) is 24.2 Å². The molecule has 0 unspecified atom stereocenters. The van der Waals surface area contributed by atoms with Crippen LogP contribution in [0.3, 0.4) is 0 Å². The van der Waals surface area contributed by atoms with E-state index < -0.39 is 5.69 Å². The normalized spacial score (nSPS) is 15.3. The molecular formula is C22H21ClN4O3. The second kappa shape index (κ2) is 7.66. The quantitative estimate of drug-likeness (QED) is 0.545. The van der Waals surface area contributed by atoms with Crippen molar-refractivity contribution in [3.8, 4) is 0 Å². The Hall–Kier alpha value is -3.03. The molecule has 7 nitrogen and oxygen atoms in total. The summed E-state index contributed by atoms with van der Waals surface area (Å²) in [5.41, 5.74) is 1.62. The molecule has 1 aliphatic heterocycles. The predicted molar refractivity (Wildman–Crippen MR) is 119 cm³/mol. The van der Waals surface area contributed by atoms with Crippen molar-refractivity contribution in [2.45, 2.75) is 6.54 Å². The van der Waals surface area contributed by atoms with E-state index in [1.165, 1.54) is 4.57 Å². The molecule has 0 radical (unpaired) electrons. The van der Waals surface area contributed by atoms with Gasteiger partial charge in [-0.3, -0.25) is 14.3 Å². The van der Waals surface area contributed by atoms with Gasteiger partial charge in [0, 0.05) is 55.4 Å². The van der Waals surface area contributed by atoms with Gasteiger partial charge in [0.05, 0.1) is 0 Å². The first kappa shape index (κ1) is 19.0. The van der Waals surface area contributed by atoms with Crippen LogP contribution in [0.25, 0.3) is 22.1 Å². The van der Waals surface area contributed by atoms with Crippen LogP contribution in [0.1, 0.15) is 0 Å². The van der Waals surface area contributed by atoms with E-state index in [-0.39, 0.29) is 11.1 Å². The maximum Gasteiger partial charge on any atom is 0.329 e. The summed E-state index contributed by atoms with van der Waals surface area (Å²) in [5.74, 6) is 0. The lowest BCUT2D eigenvalue weighted by Crippen LogP contribution is -2.48. The average molecular weight is 425 g/mol. The van der Waals surface area contributed by atoms with E-state index >= 15 is 0 Å². The van der Waals surface area contributed by atoms with Crippen LogP contribution in [0, 0.1) is 0 Å². The van der Waals surface area contributed by atoms with Gasteiger partial charge < -0.3 is 14.3 Å². The Kier molecular flexibility index (Phi) is 4.84. The molecule has 1 aliphatic rings. The first-order valence-electron chi connectivity index (χ1n) is 9.97. The zero-order valence-electron chi connectivity index (χ0n) is 16.3. The highest BCUT2D eigenvalue weighted by molar-refractivity contribution is 6.30. The van der Waals surface area contributed by atoms with E-state index in [0.717, 1.165) is 42.3 Å². The fourth-order valence-corrected chi connectivity index (χ4v) is 4.16. The van der Waals surface area contributed by atoms with Crippen LogP contribution in [0.2, 0.25) is 5.02 Å². The molecule has 154 valence electrons. The zero-order chi connectivity index (χ0) is 20.7. The van der Waals surface area contributed by atoms with Crippen molar-refractivity contribution in [2.75, 3.05) is 37.6 Å². The van der Waals surface area contributed by atoms with Crippen molar-refractivity contribution in [3.05, 3.63) is 74.4 Å². The number of anilines is 1. The van der Waals surface area contributed by atoms with E-state index in [1.54, 1.807) is 6.07 Å². The summed E-state index contributed by atoms with van der Waals surface area (Å²) in [4.78, 5) is 32.8. The molecule has 0 bridgehead atoms. The average Bonchev–Trinajstić information content (AvgIpc) is 3.13. The number of furan rings is 1. The monoisotopic (exact) mass is 424 g/mol. The van der Waals surface area contributed by atoms with E-state index in [1.807, 2.05) is 42.5 Å². The van der Waals surface area contributed by atoms with Gasteiger partial charge in [-0.1, -0.05) is 23.7 Å². The summed E-state index contributed by atoms with van der Waals surface area (Å²) in [6, 6.07) is 15.2. The van der Waals surface area contributed by atoms with Gasteiger partial charge >= 0.3 is 5.69 Å². The molecule has 3 heterocycles. The lowest BCUT2D eigenvalue weighted by Gasteiger charge is -2.36. The molecule has 1 N–H and O–H groups in total. The predicted octanol–water partition coefficient (Wildman–Crippen LogP) is 2.91.